The Hall–Kier alpha value is -0.970. The molecule has 0 atom stereocenters. The Bertz CT molecular complexity index is 514. The van der Waals surface area contributed by atoms with Gasteiger partial charge in [0.2, 0.25) is 0 Å². The lowest BCUT2D eigenvalue weighted by atomic mass is 10.0. The van der Waals surface area contributed by atoms with Crippen molar-refractivity contribution in [1.82, 2.24) is 4.90 Å². The average molecular weight is 312 g/mol. The van der Waals surface area contributed by atoms with E-state index in [0.29, 0.717) is 30.5 Å². The summed E-state index contributed by atoms with van der Waals surface area (Å²) in [6.45, 7) is 2.53. The van der Waals surface area contributed by atoms with E-state index in [9.17, 15) is 5.11 Å². The molecule has 2 aliphatic rings. The van der Waals surface area contributed by atoms with Crippen molar-refractivity contribution in [1.29, 1.82) is 0 Å². The van der Waals surface area contributed by atoms with Crippen LogP contribution in [0.4, 0.5) is 0 Å². The molecule has 1 aliphatic carbocycles. The predicted octanol–water partition coefficient (Wildman–Crippen LogP) is 2.85. The molecule has 1 aromatic carbocycles. The fourth-order valence-electron chi connectivity index (χ4n) is 3.32. The van der Waals surface area contributed by atoms with Gasteiger partial charge in [0.25, 0.3) is 0 Å². The quantitative estimate of drug-likeness (QED) is 0.928. The molecule has 0 amide bonds. The lowest BCUT2D eigenvalue weighted by Gasteiger charge is -2.29. The highest BCUT2D eigenvalue weighted by molar-refractivity contribution is 6.32. The second-order valence-corrected chi connectivity index (χ2v) is 6.61. The molecule has 0 bridgehead atoms. The second-order valence-electron chi connectivity index (χ2n) is 6.21. The monoisotopic (exact) mass is 311 g/mol. The van der Waals surface area contributed by atoms with E-state index in [0.717, 1.165) is 43.5 Å². The number of benzene rings is 1. The number of rotatable bonds is 4. The summed E-state index contributed by atoms with van der Waals surface area (Å²) in [5.74, 6) is 1.36. The summed E-state index contributed by atoms with van der Waals surface area (Å²) >= 11 is 6.26. The summed E-state index contributed by atoms with van der Waals surface area (Å²) in [6.07, 6.45) is 4.05. The first kappa shape index (κ1) is 14.9. The van der Waals surface area contributed by atoms with Crippen molar-refractivity contribution in [2.45, 2.75) is 37.8 Å². The maximum absolute atomic E-state index is 10.5. The first-order valence-corrected chi connectivity index (χ1v) is 7.92. The van der Waals surface area contributed by atoms with Crippen molar-refractivity contribution in [2.24, 2.45) is 0 Å². The van der Waals surface area contributed by atoms with E-state index < -0.39 is 5.60 Å². The molecular formula is C16H22ClNO3. The molecule has 21 heavy (non-hydrogen) atoms. The summed E-state index contributed by atoms with van der Waals surface area (Å²) < 4.78 is 11.1. The number of ether oxygens (including phenoxy) is 2. The van der Waals surface area contributed by atoms with Crippen LogP contribution in [0.5, 0.6) is 11.5 Å². The van der Waals surface area contributed by atoms with Crippen LogP contribution in [0.15, 0.2) is 12.1 Å². The number of fused-ring (bicyclic) bond motifs is 1. The molecule has 1 fully saturated rings. The Morgan fingerprint density at radius 3 is 2.71 bits per heavy atom. The predicted molar refractivity (Wildman–Crippen MR) is 82.2 cm³/mol. The smallest absolute Gasteiger partial charge is 0.179 e. The number of hydrogen-bond acceptors (Lipinski definition) is 4. The molecule has 1 aromatic rings. The Kier molecular flexibility index (Phi) is 4.29. The number of nitrogens with zero attached hydrogens (tertiary/aromatic N) is 1. The molecule has 3 rings (SSSR count). The van der Waals surface area contributed by atoms with Crippen molar-refractivity contribution in [3.05, 3.63) is 22.7 Å². The fraction of sp³-hybridized carbons (Fsp3) is 0.625. The normalized spacial score (nSPS) is 20.0. The molecule has 0 saturated heterocycles. The van der Waals surface area contributed by atoms with E-state index >= 15 is 0 Å². The average Bonchev–Trinajstić information content (AvgIpc) is 2.85. The van der Waals surface area contributed by atoms with Gasteiger partial charge in [0.1, 0.15) is 13.2 Å². The maximum Gasteiger partial charge on any atom is 0.179 e. The van der Waals surface area contributed by atoms with Crippen LogP contribution in [-0.4, -0.2) is 42.4 Å². The van der Waals surface area contributed by atoms with Gasteiger partial charge in [-0.05, 0) is 37.6 Å². The van der Waals surface area contributed by atoms with Crippen LogP contribution in [0.25, 0.3) is 0 Å². The molecule has 5 heteroatoms. The topological polar surface area (TPSA) is 41.9 Å². The van der Waals surface area contributed by atoms with Crippen molar-refractivity contribution in [3.63, 3.8) is 0 Å². The van der Waals surface area contributed by atoms with Gasteiger partial charge in [-0.15, -0.1) is 0 Å². The van der Waals surface area contributed by atoms with E-state index in [4.69, 9.17) is 21.1 Å². The molecule has 1 N–H and O–H groups in total. The first-order valence-electron chi connectivity index (χ1n) is 7.55. The minimum absolute atomic E-state index is 0.521. The van der Waals surface area contributed by atoms with Crippen LogP contribution < -0.4 is 9.47 Å². The van der Waals surface area contributed by atoms with Gasteiger partial charge in [0, 0.05) is 13.1 Å². The summed E-state index contributed by atoms with van der Waals surface area (Å²) in [5, 5.41) is 11.1. The summed E-state index contributed by atoms with van der Waals surface area (Å²) in [5.41, 5.74) is 0.556. The van der Waals surface area contributed by atoms with Crippen molar-refractivity contribution < 1.29 is 14.6 Å². The van der Waals surface area contributed by atoms with E-state index in [-0.39, 0.29) is 0 Å². The van der Waals surface area contributed by atoms with E-state index in [1.54, 1.807) is 0 Å². The van der Waals surface area contributed by atoms with Crippen LogP contribution >= 0.6 is 11.6 Å². The minimum atomic E-state index is -0.521. The van der Waals surface area contributed by atoms with E-state index in [1.807, 2.05) is 19.2 Å². The minimum Gasteiger partial charge on any atom is -0.486 e. The van der Waals surface area contributed by atoms with Gasteiger partial charge in [0.15, 0.2) is 11.5 Å². The summed E-state index contributed by atoms with van der Waals surface area (Å²) in [7, 11) is 2.03. The SMILES string of the molecule is CN(Cc1cc(Cl)c2c(c1)OCCO2)CC1(O)CCCC1. The first-order chi connectivity index (χ1) is 10.1. The highest BCUT2D eigenvalue weighted by Crippen LogP contribution is 2.38. The van der Waals surface area contributed by atoms with Crippen molar-refractivity contribution in [2.75, 3.05) is 26.8 Å². The Morgan fingerprint density at radius 2 is 1.95 bits per heavy atom. The van der Waals surface area contributed by atoms with Crippen LogP contribution in [0.1, 0.15) is 31.2 Å². The molecule has 1 saturated carbocycles. The fourth-order valence-corrected chi connectivity index (χ4v) is 3.60. The lowest BCUT2D eigenvalue weighted by Crippen LogP contribution is -2.38. The number of aliphatic hydroxyl groups is 1. The molecular weight excluding hydrogens is 290 g/mol. The Balaban J connectivity index is 1.68. The van der Waals surface area contributed by atoms with E-state index in [1.165, 1.54) is 0 Å². The third-order valence-electron chi connectivity index (χ3n) is 4.21. The zero-order valence-electron chi connectivity index (χ0n) is 12.4. The van der Waals surface area contributed by atoms with Crippen LogP contribution in [0.3, 0.4) is 0 Å². The van der Waals surface area contributed by atoms with Gasteiger partial charge < -0.3 is 14.6 Å². The van der Waals surface area contributed by atoms with Crippen molar-refractivity contribution in [3.8, 4) is 11.5 Å². The van der Waals surface area contributed by atoms with Gasteiger partial charge >= 0.3 is 0 Å². The molecule has 0 spiro atoms. The number of halogens is 1. The van der Waals surface area contributed by atoms with Crippen LogP contribution in [-0.2, 0) is 6.54 Å². The van der Waals surface area contributed by atoms with E-state index in [2.05, 4.69) is 4.90 Å². The molecule has 0 unspecified atom stereocenters. The van der Waals surface area contributed by atoms with Gasteiger partial charge in [-0.25, -0.2) is 0 Å². The highest BCUT2D eigenvalue weighted by Gasteiger charge is 2.32. The number of likely N-dealkylation sites (N-methyl/N-ethyl adjacent to an activating group) is 1. The highest BCUT2D eigenvalue weighted by atomic mass is 35.5. The molecule has 0 radical (unpaired) electrons. The summed E-state index contributed by atoms with van der Waals surface area (Å²) in [6, 6.07) is 3.90. The molecule has 4 nitrogen and oxygen atoms in total. The standard InChI is InChI=1S/C16H22ClNO3/c1-18(11-16(19)4-2-3-5-16)10-12-8-13(17)15-14(9-12)20-6-7-21-15/h8-9,19H,2-7,10-11H2,1H3. The molecule has 116 valence electrons. The third kappa shape index (κ3) is 3.44. The Morgan fingerprint density at radius 1 is 1.24 bits per heavy atom. The second kappa shape index (κ2) is 6.03. The van der Waals surface area contributed by atoms with Gasteiger partial charge in [-0.3, -0.25) is 4.90 Å². The van der Waals surface area contributed by atoms with Gasteiger partial charge in [-0.1, -0.05) is 24.4 Å². The summed E-state index contributed by atoms with van der Waals surface area (Å²) in [4.78, 5) is 2.15. The third-order valence-corrected chi connectivity index (χ3v) is 4.49. The molecule has 1 heterocycles. The zero-order chi connectivity index (χ0) is 14.9. The van der Waals surface area contributed by atoms with Gasteiger partial charge in [0.05, 0.1) is 10.6 Å². The maximum atomic E-state index is 10.5. The zero-order valence-corrected chi connectivity index (χ0v) is 13.2. The lowest BCUT2D eigenvalue weighted by molar-refractivity contribution is 0.0145. The Labute approximate surface area is 130 Å². The molecule has 1 aliphatic heterocycles. The van der Waals surface area contributed by atoms with Gasteiger partial charge in [-0.2, -0.15) is 0 Å². The largest absolute Gasteiger partial charge is 0.486 e. The van der Waals surface area contributed by atoms with Crippen LogP contribution in [0, 0.1) is 0 Å². The number of hydrogen-bond donors (Lipinski definition) is 1. The van der Waals surface area contributed by atoms with Crippen molar-refractivity contribution >= 4 is 11.6 Å². The molecule has 0 aromatic heterocycles. The van der Waals surface area contributed by atoms with Crippen LogP contribution in [0.2, 0.25) is 5.02 Å².